The summed E-state index contributed by atoms with van der Waals surface area (Å²) in [6.45, 7) is 34.7. The first-order valence-electron chi connectivity index (χ1n) is 18.8. The van der Waals surface area contributed by atoms with Gasteiger partial charge in [-0.25, -0.2) is 0 Å². The highest BCUT2D eigenvalue weighted by Gasteiger charge is 2.39. The van der Waals surface area contributed by atoms with Crippen molar-refractivity contribution in [3.8, 4) is 0 Å². The third-order valence-corrected chi connectivity index (χ3v) is 9.76. The Balaban J connectivity index is 4.75. The lowest BCUT2D eigenvalue weighted by atomic mass is 9.74. The Morgan fingerprint density at radius 2 is 1.26 bits per heavy atom. The fourth-order valence-electron chi connectivity index (χ4n) is 5.39. The van der Waals surface area contributed by atoms with Gasteiger partial charge in [-0.15, -0.1) is 0 Å². The lowest BCUT2D eigenvalue weighted by molar-refractivity contribution is -0.181. The predicted octanol–water partition coefficient (Wildman–Crippen LogP) is 10.4. The molecule has 0 aromatic heterocycles. The Kier molecular flexibility index (Phi) is 23.0. The van der Waals surface area contributed by atoms with E-state index in [0.717, 1.165) is 32.3 Å². The minimum atomic E-state index is -0.325. The molecule has 278 valence electrons. The van der Waals surface area contributed by atoms with Gasteiger partial charge in [0.1, 0.15) is 12.3 Å². The van der Waals surface area contributed by atoms with E-state index in [1.807, 2.05) is 6.92 Å². The zero-order valence-corrected chi connectivity index (χ0v) is 33.4. The quantitative estimate of drug-likeness (QED) is 0.0467. The number of unbranched alkanes of at least 4 members (excludes halogenated alkanes) is 7. The zero-order chi connectivity index (χ0) is 35.4. The van der Waals surface area contributed by atoms with E-state index >= 15 is 0 Å². The summed E-state index contributed by atoms with van der Waals surface area (Å²) >= 11 is 0. The van der Waals surface area contributed by atoms with Gasteiger partial charge in [-0.3, -0.25) is 4.84 Å². The SMILES string of the molecule is CCCCCCCCCCC(COCCOC(C)(C)CC(C)OC(C)(C)C(C)(C)CCOC(C)C)ONC(C)OC(C)(C)C(C)C. The van der Waals surface area contributed by atoms with Crippen LogP contribution >= 0.6 is 0 Å². The Morgan fingerprint density at radius 3 is 1.83 bits per heavy atom. The minimum Gasteiger partial charge on any atom is -0.379 e. The molecule has 0 aromatic carbocycles. The molecular formula is C39H81NO6. The molecule has 0 aliphatic carbocycles. The van der Waals surface area contributed by atoms with Crippen molar-refractivity contribution in [1.82, 2.24) is 5.48 Å². The van der Waals surface area contributed by atoms with E-state index in [0.29, 0.717) is 25.7 Å². The molecule has 0 amide bonds. The van der Waals surface area contributed by atoms with E-state index in [9.17, 15) is 0 Å². The summed E-state index contributed by atoms with van der Waals surface area (Å²) < 4.78 is 31.1. The molecule has 0 aliphatic heterocycles. The Morgan fingerprint density at radius 1 is 0.674 bits per heavy atom. The molecule has 0 fully saturated rings. The lowest BCUT2D eigenvalue weighted by Crippen LogP contribution is -2.46. The molecule has 0 heterocycles. The van der Waals surface area contributed by atoms with Crippen molar-refractivity contribution in [3.63, 3.8) is 0 Å². The Hall–Kier alpha value is -0.280. The van der Waals surface area contributed by atoms with Crippen LogP contribution in [0.15, 0.2) is 0 Å². The predicted molar refractivity (Wildman–Crippen MR) is 194 cm³/mol. The molecule has 3 unspecified atom stereocenters. The van der Waals surface area contributed by atoms with Gasteiger partial charge in [-0.2, -0.15) is 5.48 Å². The summed E-state index contributed by atoms with van der Waals surface area (Å²) in [6, 6.07) is 0. The molecule has 0 saturated carbocycles. The van der Waals surface area contributed by atoms with Crippen LogP contribution in [-0.4, -0.2) is 67.8 Å². The van der Waals surface area contributed by atoms with Gasteiger partial charge in [-0.1, -0.05) is 86.0 Å². The first kappa shape index (κ1) is 45.7. The molecule has 3 atom stereocenters. The van der Waals surface area contributed by atoms with E-state index < -0.39 is 0 Å². The Labute approximate surface area is 287 Å². The number of rotatable bonds is 30. The van der Waals surface area contributed by atoms with Crippen molar-refractivity contribution >= 4 is 0 Å². The summed E-state index contributed by atoms with van der Waals surface area (Å²) in [5.41, 5.74) is 2.27. The first-order valence-corrected chi connectivity index (χ1v) is 18.8. The van der Waals surface area contributed by atoms with Crippen LogP contribution in [0.2, 0.25) is 0 Å². The maximum Gasteiger partial charge on any atom is 0.128 e. The average molecular weight is 660 g/mol. The fourth-order valence-corrected chi connectivity index (χ4v) is 5.39. The van der Waals surface area contributed by atoms with Crippen molar-refractivity contribution < 1.29 is 28.5 Å². The lowest BCUT2D eigenvalue weighted by Gasteiger charge is -2.44. The minimum absolute atomic E-state index is 0.0222. The maximum atomic E-state index is 6.62. The number of nitrogens with one attached hydrogen (secondary N) is 1. The van der Waals surface area contributed by atoms with Crippen molar-refractivity contribution in [1.29, 1.82) is 0 Å². The number of hydrogen-bond acceptors (Lipinski definition) is 7. The number of hydroxylamine groups is 1. The van der Waals surface area contributed by atoms with Crippen LogP contribution in [-0.2, 0) is 28.5 Å². The summed E-state index contributed by atoms with van der Waals surface area (Å²) in [7, 11) is 0. The fraction of sp³-hybridized carbons (Fsp3) is 1.00. The van der Waals surface area contributed by atoms with Gasteiger partial charge >= 0.3 is 0 Å². The van der Waals surface area contributed by atoms with Gasteiger partial charge in [0.25, 0.3) is 0 Å². The standard InChI is InChI=1S/C39H81NO6/c1-16-17-18-19-20-21-22-23-24-35(46-40-34(7)45-38(12,13)31(2)3)30-41-27-28-43-37(10,11)29-33(6)44-39(14,15)36(8,9)25-26-42-32(4)5/h31-35,40H,16-30H2,1-15H3. The molecule has 0 rings (SSSR count). The molecule has 0 radical (unpaired) electrons. The molecule has 1 N–H and O–H groups in total. The van der Waals surface area contributed by atoms with E-state index in [1.165, 1.54) is 44.9 Å². The smallest absolute Gasteiger partial charge is 0.128 e. The van der Waals surface area contributed by atoms with E-state index in [-0.39, 0.29) is 46.8 Å². The zero-order valence-electron chi connectivity index (χ0n) is 33.4. The highest BCUT2D eigenvalue weighted by atomic mass is 16.7. The third-order valence-electron chi connectivity index (χ3n) is 9.76. The van der Waals surface area contributed by atoms with Crippen LogP contribution in [0.5, 0.6) is 0 Å². The summed E-state index contributed by atoms with van der Waals surface area (Å²) in [5.74, 6) is 0.403. The molecule has 0 spiro atoms. The molecule has 0 aliphatic rings. The van der Waals surface area contributed by atoms with Crippen LogP contribution in [0, 0.1) is 11.3 Å². The number of hydrogen-bond donors (Lipinski definition) is 1. The van der Waals surface area contributed by atoms with Crippen LogP contribution in [0.1, 0.15) is 174 Å². The van der Waals surface area contributed by atoms with Gasteiger partial charge in [0, 0.05) is 13.0 Å². The van der Waals surface area contributed by atoms with E-state index in [1.54, 1.807) is 0 Å². The van der Waals surface area contributed by atoms with Crippen molar-refractivity contribution in [3.05, 3.63) is 0 Å². The second kappa shape index (κ2) is 23.2. The first-order chi connectivity index (χ1) is 21.2. The van der Waals surface area contributed by atoms with Crippen LogP contribution in [0.25, 0.3) is 0 Å². The molecule has 0 saturated heterocycles. The van der Waals surface area contributed by atoms with E-state index in [4.69, 9.17) is 28.5 Å². The summed E-state index contributed by atoms with van der Waals surface area (Å²) in [5, 5.41) is 0. The summed E-state index contributed by atoms with van der Waals surface area (Å²) in [4.78, 5) is 6.13. The molecule has 7 heteroatoms. The monoisotopic (exact) mass is 660 g/mol. The van der Waals surface area contributed by atoms with Gasteiger partial charge in [0.15, 0.2) is 0 Å². The number of ether oxygens (including phenoxy) is 5. The third kappa shape index (κ3) is 21.6. The average Bonchev–Trinajstić information content (AvgIpc) is 2.90. The van der Waals surface area contributed by atoms with Crippen molar-refractivity contribution in [2.75, 3.05) is 26.4 Å². The van der Waals surface area contributed by atoms with Crippen molar-refractivity contribution in [2.24, 2.45) is 11.3 Å². The highest BCUT2D eigenvalue weighted by Crippen LogP contribution is 2.39. The second-order valence-corrected chi connectivity index (χ2v) is 16.5. The van der Waals surface area contributed by atoms with Gasteiger partial charge in [-0.05, 0) is 93.4 Å². The largest absolute Gasteiger partial charge is 0.379 e. The van der Waals surface area contributed by atoms with Crippen molar-refractivity contribution in [2.45, 2.75) is 216 Å². The normalized spacial score (nSPS) is 15.6. The molecule has 0 bridgehead atoms. The van der Waals surface area contributed by atoms with Gasteiger partial charge in [0.2, 0.25) is 0 Å². The second-order valence-electron chi connectivity index (χ2n) is 16.5. The van der Waals surface area contributed by atoms with Crippen LogP contribution in [0.4, 0.5) is 0 Å². The van der Waals surface area contributed by atoms with Gasteiger partial charge < -0.3 is 23.7 Å². The van der Waals surface area contributed by atoms with Crippen LogP contribution in [0.3, 0.4) is 0 Å². The maximum absolute atomic E-state index is 6.62. The molecule has 46 heavy (non-hydrogen) atoms. The molecular weight excluding hydrogens is 578 g/mol. The molecule has 0 aromatic rings. The topological polar surface area (TPSA) is 67.4 Å². The molecule has 7 nitrogen and oxygen atoms in total. The van der Waals surface area contributed by atoms with Crippen LogP contribution < -0.4 is 5.48 Å². The highest BCUT2D eigenvalue weighted by molar-refractivity contribution is 4.89. The van der Waals surface area contributed by atoms with Gasteiger partial charge in [0.05, 0.1) is 48.8 Å². The Bertz CT molecular complexity index is 736. The van der Waals surface area contributed by atoms with E-state index in [2.05, 4.69) is 102 Å². The summed E-state index contributed by atoms with van der Waals surface area (Å²) in [6.07, 6.45) is 13.1.